The average Bonchev–Trinajstić information content (AvgIpc) is 2.52. The number of anilines is 1. The highest BCUT2D eigenvalue weighted by Gasteiger charge is 2.13. The molecular formula is C18H30N2. The third-order valence-electron chi connectivity index (χ3n) is 4.34. The van der Waals surface area contributed by atoms with E-state index in [0.717, 1.165) is 5.92 Å². The molecule has 0 aromatic heterocycles. The summed E-state index contributed by atoms with van der Waals surface area (Å²) in [6.45, 7) is 7.14. The number of piperidine rings is 1. The Balaban J connectivity index is 1.78. The van der Waals surface area contributed by atoms with Crippen molar-refractivity contribution < 1.29 is 0 Å². The number of rotatable bonds is 8. The van der Waals surface area contributed by atoms with Crippen LogP contribution in [0.5, 0.6) is 0 Å². The number of benzene rings is 1. The van der Waals surface area contributed by atoms with Crippen molar-refractivity contribution in [2.75, 3.05) is 31.1 Å². The van der Waals surface area contributed by atoms with Crippen LogP contribution < -0.4 is 10.2 Å². The van der Waals surface area contributed by atoms with Gasteiger partial charge in [-0.2, -0.15) is 0 Å². The summed E-state index contributed by atoms with van der Waals surface area (Å²) in [5, 5.41) is 3.53. The largest absolute Gasteiger partial charge is 0.372 e. The van der Waals surface area contributed by atoms with E-state index in [2.05, 4.69) is 47.5 Å². The maximum atomic E-state index is 3.53. The monoisotopic (exact) mass is 274 g/mol. The molecule has 2 heteroatoms. The Kier molecular flexibility index (Phi) is 6.93. The quantitative estimate of drug-likeness (QED) is 0.768. The Hall–Kier alpha value is -1.02. The zero-order chi connectivity index (χ0) is 14.0. The molecule has 0 radical (unpaired) electrons. The molecule has 0 spiro atoms. The summed E-state index contributed by atoms with van der Waals surface area (Å²) in [5.41, 5.74) is 1.39. The molecule has 2 rings (SSSR count). The van der Waals surface area contributed by atoms with Crippen molar-refractivity contribution in [2.24, 2.45) is 5.92 Å². The van der Waals surface area contributed by atoms with Crippen molar-refractivity contribution in [3.63, 3.8) is 0 Å². The maximum absolute atomic E-state index is 3.53. The third kappa shape index (κ3) is 5.16. The Morgan fingerprint density at radius 1 is 1.15 bits per heavy atom. The molecule has 0 bridgehead atoms. The highest BCUT2D eigenvalue weighted by atomic mass is 15.1. The fourth-order valence-corrected chi connectivity index (χ4v) is 3.10. The normalized spacial score (nSPS) is 18.9. The van der Waals surface area contributed by atoms with Gasteiger partial charge in [-0.05, 0) is 63.2 Å². The summed E-state index contributed by atoms with van der Waals surface area (Å²) in [4.78, 5) is 2.57. The minimum Gasteiger partial charge on any atom is -0.372 e. The fourth-order valence-electron chi connectivity index (χ4n) is 3.10. The molecule has 1 aromatic rings. The molecule has 1 N–H and O–H groups in total. The Morgan fingerprint density at radius 3 is 2.65 bits per heavy atom. The molecule has 1 unspecified atom stereocenters. The van der Waals surface area contributed by atoms with E-state index in [1.165, 1.54) is 70.4 Å². The number of nitrogens with zero attached hydrogens (tertiary/aromatic N) is 1. The van der Waals surface area contributed by atoms with Crippen LogP contribution in [-0.2, 0) is 0 Å². The summed E-state index contributed by atoms with van der Waals surface area (Å²) in [5.74, 6) is 0.910. The van der Waals surface area contributed by atoms with Gasteiger partial charge < -0.3 is 10.2 Å². The van der Waals surface area contributed by atoms with Gasteiger partial charge in [-0.25, -0.2) is 0 Å². The first-order valence-electron chi connectivity index (χ1n) is 8.41. The van der Waals surface area contributed by atoms with Gasteiger partial charge in [-0.3, -0.25) is 0 Å². The van der Waals surface area contributed by atoms with Crippen LogP contribution >= 0.6 is 0 Å². The second-order valence-electron chi connectivity index (χ2n) is 6.03. The molecule has 1 aromatic carbocycles. The van der Waals surface area contributed by atoms with Crippen molar-refractivity contribution >= 4 is 5.69 Å². The van der Waals surface area contributed by atoms with Crippen molar-refractivity contribution in [1.29, 1.82) is 0 Å². The molecule has 0 saturated carbocycles. The lowest BCUT2D eigenvalue weighted by molar-refractivity contribution is 0.351. The van der Waals surface area contributed by atoms with E-state index >= 15 is 0 Å². The van der Waals surface area contributed by atoms with Gasteiger partial charge in [0.05, 0.1) is 0 Å². The van der Waals surface area contributed by atoms with E-state index in [4.69, 9.17) is 0 Å². The smallest absolute Gasteiger partial charge is 0.0366 e. The van der Waals surface area contributed by atoms with Gasteiger partial charge in [0.25, 0.3) is 0 Å². The molecule has 1 saturated heterocycles. The van der Waals surface area contributed by atoms with E-state index < -0.39 is 0 Å². The minimum absolute atomic E-state index is 0.910. The number of para-hydroxylation sites is 1. The van der Waals surface area contributed by atoms with Crippen LogP contribution in [0, 0.1) is 5.92 Å². The number of unbranched alkanes of at least 4 members (excludes halogenated alkanes) is 1. The first-order chi connectivity index (χ1) is 9.90. The van der Waals surface area contributed by atoms with Crippen LogP contribution in [-0.4, -0.2) is 26.2 Å². The number of nitrogens with one attached hydrogen (secondary N) is 1. The van der Waals surface area contributed by atoms with Gasteiger partial charge in [0.1, 0.15) is 0 Å². The Morgan fingerprint density at radius 2 is 1.95 bits per heavy atom. The SMILES string of the molecule is CCCCN(CCCC1CCCNC1)c1ccccc1. The molecule has 1 atom stereocenters. The van der Waals surface area contributed by atoms with Gasteiger partial charge in [-0.15, -0.1) is 0 Å². The second kappa shape index (κ2) is 9.02. The minimum atomic E-state index is 0.910. The zero-order valence-corrected chi connectivity index (χ0v) is 13.0. The van der Waals surface area contributed by atoms with Gasteiger partial charge in [-0.1, -0.05) is 31.5 Å². The predicted molar refractivity (Wildman–Crippen MR) is 88.4 cm³/mol. The summed E-state index contributed by atoms with van der Waals surface area (Å²) < 4.78 is 0. The fraction of sp³-hybridized carbons (Fsp3) is 0.667. The van der Waals surface area contributed by atoms with E-state index in [1.807, 2.05) is 0 Å². The maximum Gasteiger partial charge on any atom is 0.0366 e. The summed E-state index contributed by atoms with van der Waals surface area (Å²) in [6.07, 6.45) is 8.05. The van der Waals surface area contributed by atoms with Crippen LogP contribution in [0.4, 0.5) is 5.69 Å². The zero-order valence-electron chi connectivity index (χ0n) is 13.0. The van der Waals surface area contributed by atoms with Crippen molar-refractivity contribution in [3.05, 3.63) is 30.3 Å². The van der Waals surface area contributed by atoms with Crippen LogP contribution in [0.1, 0.15) is 45.4 Å². The molecule has 0 amide bonds. The van der Waals surface area contributed by atoms with Crippen LogP contribution in [0.2, 0.25) is 0 Å². The molecule has 1 fully saturated rings. The summed E-state index contributed by atoms with van der Waals surface area (Å²) in [7, 11) is 0. The number of hydrogen-bond acceptors (Lipinski definition) is 2. The highest BCUT2D eigenvalue weighted by molar-refractivity contribution is 5.45. The van der Waals surface area contributed by atoms with Crippen molar-refractivity contribution in [3.8, 4) is 0 Å². The summed E-state index contributed by atoms with van der Waals surface area (Å²) >= 11 is 0. The molecule has 20 heavy (non-hydrogen) atoms. The lowest BCUT2D eigenvalue weighted by atomic mass is 9.94. The number of hydrogen-bond donors (Lipinski definition) is 1. The van der Waals surface area contributed by atoms with Gasteiger partial charge in [0.2, 0.25) is 0 Å². The van der Waals surface area contributed by atoms with E-state index in [0.29, 0.717) is 0 Å². The first-order valence-corrected chi connectivity index (χ1v) is 8.41. The standard InChI is InChI=1S/C18H30N2/c1-2-3-14-20(18-11-5-4-6-12-18)15-8-10-17-9-7-13-19-16-17/h4-6,11-12,17,19H,2-3,7-10,13-16H2,1H3. The van der Waals surface area contributed by atoms with E-state index in [1.54, 1.807) is 0 Å². The van der Waals surface area contributed by atoms with Crippen LogP contribution in [0.3, 0.4) is 0 Å². The molecule has 1 aliphatic rings. The van der Waals surface area contributed by atoms with Crippen LogP contribution in [0.25, 0.3) is 0 Å². The molecule has 0 aliphatic carbocycles. The topological polar surface area (TPSA) is 15.3 Å². The second-order valence-corrected chi connectivity index (χ2v) is 6.03. The highest BCUT2D eigenvalue weighted by Crippen LogP contribution is 2.19. The van der Waals surface area contributed by atoms with Gasteiger partial charge in [0.15, 0.2) is 0 Å². The van der Waals surface area contributed by atoms with E-state index in [-0.39, 0.29) is 0 Å². The van der Waals surface area contributed by atoms with E-state index in [9.17, 15) is 0 Å². The first kappa shape index (κ1) is 15.4. The van der Waals surface area contributed by atoms with Gasteiger partial charge >= 0.3 is 0 Å². The molecular weight excluding hydrogens is 244 g/mol. The molecule has 2 nitrogen and oxygen atoms in total. The lowest BCUT2D eigenvalue weighted by Crippen LogP contribution is -2.31. The average molecular weight is 274 g/mol. The summed E-state index contributed by atoms with van der Waals surface area (Å²) in [6, 6.07) is 10.9. The molecule has 112 valence electrons. The van der Waals surface area contributed by atoms with Crippen LogP contribution in [0.15, 0.2) is 30.3 Å². The van der Waals surface area contributed by atoms with Crippen molar-refractivity contribution in [1.82, 2.24) is 5.32 Å². The molecule has 1 heterocycles. The third-order valence-corrected chi connectivity index (χ3v) is 4.34. The Bertz CT molecular complexity index is 344. The van der Waals surface area contributed by atoms with Gasteiger partial charge in [0, 0.05) is 18.8 Å². The lowest BCUT2D eigenvalue weighted by Gasteiger charge is -2.27. The van der Waals surface area contributed by atoms with Crippen molar-refractivity contribution in [2.45, 2.75) is 45.4 Å². The predicted octanol–water partition coefficient (Wildman–Crippen LogP) is 4.07. The molecule has 1 aliphatic heterocycles. The Labute approximate surface area is 124 Å².